The summed E-state index contributed by atoms with van der Waals surface area (Å²) in [6.07, 6.45) is 1.43. The van der Waals surface area contributed by atoms with Crippen molar-refractivity contribution >= 4 is 0 Å². The van der Waals surface area contributed by atoms with E-state index in [9.17, 15) is 8.78 Å². The molecule has 0 aliphatic rings. The van der Waals surface area contributed by atoms with Crippen LogP contribution in [0.5, 0.6) is 5.75 Å². The third-order valence-electron chi connectivity index (χ3n) is 4.09. The van der Waals surface area contributed by atoms with Crippen molar-refractivity contribution in [2.75, 3.05) is 13.2 Å². The van der Waals surface area contributed by atoms with E-state index in [1.54, 1.807) is 12.3 Å². The van der Waals surface area contributed by atoms with Crippen LogP contribution < -0.4 is 10.5 Å². The van der Waals surface area contributed by atoms with Gasteiger partial charge in [-0.2, -0.15) is 0 Å². The zero-order chi connectivity index (χ0) is 18.4. The van der Waals surface area contributed by atoms with Crippen molar-refractivity contribution in [3.8, 4) is 17.0 Å². The summed E-state index contributed by atoms with van der Waals surface area (Å²) in [5.74, 6) is 1.57. The van der Waals surface area contributed by atoms with Gasteiger partial charge in [0.25, 0.3) is 6.43 Å². The van der Waals surface area contributed by atoms with E-state index >= 15 is 0 Å². The van der Waals surface area contributed by atoms with E-state index in [0.29, 0.717) is 42.0 Å². The van der Waals surface area contributed by atoms with Crippen molar-refractivity contribution in [1.82, 2.24) is 9.97 Å². The Hall–Kier alpha value is -2.08. The standard InChI is InChI=1S/C19H25F2N3O/c1-12(9-22)6-13(2)11-25-18-10-24-16(7-14(18)3)15-4-5-23-17(8-15)19(20)21/h4-5,7-8,10,12-13,19H,6,9,11,22H2,1-3H3. The molecule has 0 radical (unpaired) electrons. The van der Waals surface area contributed by atoms with Gasteiger partial charge in [-0.15, -0.1) is 0 Å². The lowest BCUT2D eigenvalue weighted by Crippen LogP contribution is -2.18. The van der Waals surface area contributed by atoms with E-state index in [0.717, 1.165) is 12.0 Å². The third-order valence-corrected chi connectivity index (χ3v) is 4.09. The minimum absolute atomic E-state index is 0.250. The number of aryl methyl sites for hydroxylation is 1. The number of aromatic nitrogens is 2. The number of rotatable bonds is 8. The minimum Gasteiger partial charge on any atom is -0.491 e. The lowest BCUT2D eigenvalue weighted by molar-refractivity contribution is 0.146. The van der Waals surface area contributed by atoms with Gasteiger partial charge in [0, 0.05) is 11.8 Å². The third kappa shape index (κ3) is 5.46. The number of halogens is 2. The Morgan fingerprint density at radius 1 is 1.16 bits per heavy atom. The van der Waals surface area contributed by atoms with Gasteiger partial charge >= 0.3 is 0 Å². The van der Waals surface area contributed by atoms with Gasteiger partial charge in [-0.25, -0.2) is 8.78 Å². The van der Waals surface area contributed by atoms with Crippen molar-refractivity contribution in [3.63, 3.8) is 0 Å². The molecule has 2 heterocycles. The van der Waals surface area contributed by atoms with Crippen LogP contribution in [0, 0.1) is 18.8 Å². The number of hydrogen-bond donors (Lipinski definition) is 1. The summed E-state index contributed by atoms with van der Waals surface area (Å²) >= 11 is 0. The van der Waals surface area contributed by atoms with E-state index in [4.69, 9.17) is 10.5 Å². The van der Waals surface area contributed by atoms with Gasteiger partial charge in [0.15, 0.2) is 0 Å². The molecule has 2 aromatic rings. The number of pyridine rings is 2. The predicted octanol–water partition coefficient (Wildman–Crippen LogP) is 4.39. The van der Waals surface area contributed by atoms with E-state index < -0.39 is 6.43 Å². The molecule has 2 atom stereocenters. The number of nitrogens with two attached hydrogens (primary N) is 1. The fraction of sp³-hybridized carbons (Fsp3) is 0.474. The summed E-state index contributed by atoms with van der Waals surface area (Å²) in [6.45, 7) is 7.44. The highest BCUT2D eigenvalue weighted by Crippen LogP contribution is 2.26. The van der Waals surface area contributed by atoms with Gasteiger partial charge in [0.05, 0.1) is 18.5 Å². The van der Waals surface area contributed by atoms with Crippen molar-refractivity contribution in [2.24, 2.45) is 17.6 Å². The first-order valence-corrected chi connectivity index (χ1v) is 8.44. The highest BCUT2D eigenvalue weighted by atomic mass is 19.3. The molecule has 0 spiro atoms. The number of nitrogens with zero attached hydrogens (tertiary/aromatic N) is 2. The molecular formula is C19H25F2N3O. The van der Waals surface area contributed by atoms with Crippen LogP contribution in [0.25, 0.3) is 11.3 Å². The molecule has 0 aromatic carbocycles. The van der Waals surface area contributed by atoms with Gasteiger partial charge in [0.2, 0.25) is 0 Å². The average molecular weight is 349 g/mol. The Morgan fingerprint density at radius 3 is 2.56 bits per heavy atom. The summed E-state index contributed by atoms with van der Waals surface area (Å²) in [5, 5.41) is 0. The SMILES string of the molecule is Cc1cc(-c2ccnc(C(F)F)c2)ncc1OCC(C)CC(C)CN. The average Bonchev–Trinajstić information content (AvgIpc) is 2.60. The van der Waals surface area contributed by atoms with Crippen molar-refractivity contribution in [2.45, 2.75) is 33.6 Å². The first kappa shape index (κ1) is 19.2. The maximum absolute atomic E-state index is 12.8. The molecule has 0 saturated carbocycles. The van der Waals surface area contributed by atoms with Crippen molar-refractivity contribution in [3.05, 3.63) is 41.9 Å². The molecule has 0 aliphatic carbocycles. The van der Waals surface area contributed by atoms with E-state index in [2.05, 4.69) is 23.8 Å². The predicted molar refractivity (Wildman–Crippen MR) is 94.7 cm³/mol. The Morgan fingerprint density at radius 2 is 1.92 bits per heavy atom. The number of ether oxygens (including phenoxy) is 1. The highest BCUT2D eigenvalue weighted by molar-refractivity contribution is 5.61. The topological polar surface area (TPSA) is 61.0 Å². The largest absolute Gasteiger partial charge is 0.491 e. The maximum atomic E-state index is 12.8. The molecule has 2 aromatic heterocycles. The van der Waals surface area contributed by atoms with Crippen LogP contribution in [0.4, 0.5) is 8.78 Å². The summed E-state index contributed by atoms with van der Waals surface area (Å²) in [4.78, 5) is 8.02. The summed E-state index contributed by atoms with van der Waals surface area (Å²) in [6, 6.07) is 4.88. The van der Waals surface area contributed by atoms with Gasteiger partial charge in [-0.1, -0.05) is 13.8 Å². The molecule has 2 rings (SSSR count). The Bertz CT molecular complexity index is 694. The Labute approximate surface area is 147 Å². The molecule has 6 heteroatoms. The minimum atomic E-state index is -2.60. The molecule has 25 heavy (non-hydrogen) atoms. The fourth-order valence-electron chi connectivity index (χ4n) is 2.66. The Kier molecular flexibility index (Phi) is 6.82. The monoisotopic (exact) mass is 349 g/mol. The summed E-state index contributed by atoms with van der Waals surface area (Å²) in [7, 11) is 0. The van der Waals surface area contributed by atoms with Gasteiger partial charge in [0.1, 0.15) is 11.4 Å². The van der Waals surface area contributed by atoms with Crippen LogP contribution in [0.1, 0.15) is 38.0 Å². The normalized spacial score (nSPS) is 13.7. The van der Waals surface area contributed by atoms with Gasteiger partial charge < -0.3 is 10.5 Å². The van der Waals surface area contributed by atoms with Crippen LogP contribution in [0.2, 0.25) is 0 Å². The lowest BCUT2D eigenvalue weighted by Gasteiger charge is -2.17. The zero-order valence-corrected chi connectivity index (χ0v) is 14.9. The quantitative estimate of drug-likeness (QED) is 0.768. The zero-order valence-electron chi connectivity index (χ0n) is 14.9. The van der Waals surface area contributed by atoms with Crippen molar-refractivity contribution < 1.29 is 13.5 Å². The molecule has 0 fully saturated rings. The highest BCUT2D eigenvalue weighted by Gasteiger charge is 2.12. The van der Waals surface area contributed by atoms with Crippen LogP contribution >= 0.6 is 0 Å². The van der Waals surface area contributed by atoms with E-state index in [1.165, 1.54) is 12.3 Å². The molecule has 0 saturated heterocycles. The molecule has 0 bridgehead atoms. The lowest BCUT2D eigenvalue weighted by atomic mass is 9.98. The molecule has 136 valence electrons. The first-order valence-electron chi connectivity index (χ1n) is 8.44. The maximum Gasteiger partial charge on any atom is 0.280 e. The fourth-order valence-corrected chi connectivity index (χ4v) is 2.66. The summed E-state index contributed by atoms with van der Waals surface area (Å²) in [5.41, 5.74) is 7.56. The molecule has 2 unspecified atom stereocenters. The van der Waals surface area contributed by atoms with E-state index in [1.807, 2.05) is 13.0 Å². The Balaban J connectivity index is 2.06. The molecule has 0 aliphatic heterocycles. The van der Waals surface area contributed by atoms with E-state index in [-0.39, 0.29) is 5.69 Å². The second-order valence-corrected chi connectivity index (χ2v) is 6.60. The summed E-state index contributed by atoms with van der Waals surface area (Å²) < 4.78 is 31.4. The number of hydrogen-bond acceptors (Lipinski definition) is 4. The molecule has 0 amide bonds. The molecular weight excluding hydrogens is 324 g/mol. The van der Waals surface area contributed by atoms with Gasteiger partial charge in [-0.3, -0.25) is 9.97 Å². The van der Waals surface area contributed by atoms with Crippen LogP contribution in [0.3, 0.4) is 0 Å². The molecule has 2 N–H and O–H groups in total. The first-order chi connectivity index (χ1) is 11.9. The van der Waals surface area contributed by atoms with Crippen LogP contribution in [-0.4, -0.2) is 23.1 Å². The second kappa shape index (κ2) is 8.85. The number of alkyl halides is 2. The van der Waals surface area contributed by atoms with Crippen LogP contribution in [-0.2, 0) is 0 Å². The van der Waals surface area contributed by atoms with Crippen molar-refractivity contribution in [1.29, 1.82) is 0 Å². The van der Waals surface area contributed by atoms with Crippen LogP contribution in [0.15, 0.2) is 30.6 Å². The smallest absolute Gasteiger partial charge is 0.280 e. The molecule has 4 nitrogen and oxygen atoms in total. The van der Waals surface area contributed by atoms with Gasteiger partial charge in [-0.05, 0) is 55.5 Å². The second-order valence-electron chi connectivity index (χ2n) is 6.60.